The normalized spacial score (nSPS) is 18.2. The van der Waals surface area contributed by atoms with Crippen LogP contribution in [0.4, 0.5) is 13.2 Å². The summed E-state index contributed by atoms with van der Waals surface area (Å²) < 4.78 is 46.4. The van der Waals surface area contributed by atoms with Crippen molar-refractivity contribution in [1.29, 1.82) is 0 Å². The van der Waals surface area contributed by atoms with Gasteiger partial charge in [-0.15, -0.1) is 0 Å². The van der Waals surface area contributed by atoms with E-state index < -0.39 is 18.8 Å². The summed E-state index contributed by atoms with van der Waals surface area (Å²) in [5, 5.41) is 16.2. The number of pyridine rings is 1. The lowest BCUT2D eigenvalue weighted by molar-refractivity contribution is -0.154. The Labute approximate surface area is 180 Å². The van der Waals surface area contributed by atoms with Crippen molar-refractivity contribution >= 4 is 5.97 Å². The highest BCUT2D eigenvalue weighted by molar-refractivity contribution is 5.71. The molecule has 4 rings (SSSR count). The van der Waals surface area contributed by atoms with Crippen LogP contribution in [-0.2, 0) is 11.3 Å². The van der Waals surface area contributed by atoms with E-state index in [0.29, 0.717) is 30.8 Å². The van der Waals surface area contributed by atoms with Crippen LogP contribution in [0, 0.1) is 5.92 Å². The summed E-state index contributed by atoms with van der Waals surface area (Å²) in [7, 11) is 0. The van der Waals surface area contributed by atoms with Crippen LogP contribution in [0.1, 0.15) is 18.4 Å². The molecular weight excluding hydrogens is 429 g/mol. The number of carboxylic acids is 1. The Kier molecular flexibility index (Phi) is 6.08. The first-order valence-electron chi connectivity index (χ1n) is 9.82. The van der Waals surface area contributed by atoms with Crippen LogP contribution in [0.2, 0.25) is 0 Å². The minimum atomic E-state index is -4.44. The maximum atomic E-state index is 12.2. The van der Waals surface area contributed by atoms with E-state index in [1.165, 1.54) is 18.3 Å². The molecule has 0 atom stereocenters. The van der Waals surface area contributed by atoms with Gasteiger partial charge in [-0.1, -0.05) is 29.4 Å². The van der Waals surface area contributed by atoms with Crippen LogP contribution in [-0.4, -0.2) is 45.0 Å². The Morgan fingerprint density at radius 2 is 1.88 bits per heavy atom. The molecule has 0 bridgehead atoms. The second kappa shape index (κ2) is 8.95. The predicted octanol–water partition coefficient (Wildman–Crippen LogP) is 3.69. The molecule has 0 unspecified atom stereocenters. The van der Waals surface area contributed by atoms with Crippen molar-refractivity contribution in [2.24, 2.45) is 5.92 Å². The molecule has 2 aromatic heterocycles. The van der Waals surface area contributed by atoms with Crippen molar-refractivity contribution in [3.63, 3.8) is 0 Å². The highest BCUT2D eigenvalue weighted by Crippen LogP contribution is 2.28. The van der Waals surface area contributed by atoms with Crippen molar-refractivity contribution in [2.75, 3.05) is 6.61 Å². The molecule has 1 fully saturated rings. The zero-order valence-electron chi connectivity index (χ0n) is 16.7. The van der Waals surface area contributed by atoms with Crippen LogP contribution in [0.3, 0.4) is 0 Å². The van der Waals surface area contributed by atoms with Gasteiger partial charge in [-0.3, -0.25) is 4.79 Å². The minimum absolute atomic E-state index is 0.157. The van der Waals surface area contributed by atoms with Gasteiger partial charge in [0, 0.05) is 30.4 Å². The van der Waals surface area contributed by atoms with Gasteiger partial charge in [0.25, 0.3) is 5.89 Å². The van der Waals surface area contributed by atoms with Crippen LogP contribution in [0.25, 0.3) is 22.8 Å². The van der Waals surface area contributed by atoms with Crippen molar-refractivity contribution < 1.29 is 32.3 Å². The summed E-state index contributed by atoms with van der Waals surface area (Å²) >= 11 is 0. The van der Waals surface area contributed by atoms with Gasteiger partial charge in [-0.05, 0) is 24.5 Å². The first-order valence-corrected chi connectivity index (χ1v) is 9.82. The van der Waals surface area contributed by atoms with Crippen LogP contribution in [0.5, 0.6) is 5.88 Å². The molecule has 2 N–H and O–H groups in total. The third-order valence-corrected chi connectivity index (χ3v) is 5.09. The van der Waals surface area contributed by atoms with Crippen molar-refractivity contribution in [2.45, 2.75) is 31.6 Å². The van der Waals surface area contributed by atoms with Crippen molar-refractivity contribution in [3.8, 4) is 28.7 Å². The zero-order chi connectivity index (χ0) is 22.7. The molecule has 1 aliphatic rings. The summed E-state index contributed by atoms with van der Waals surface area (Å²) in [6, 6.07) is 10.5. The number of alkyl halides is 3. The molecule has 1 aromatic carbocycles. The van der Waals surface area contributed by atoms with Gasteiger partial charge in [-0.2, -0.15) is 18.2 Å². The van der Waals surface area contributed by atoms with Gasteiger partial charge in [0.2, 0.25) is 11.7 Å². The molecule has 0 amide bonds. The van der Waals surface area contributed by atoms with E-state index in [4.69, 9.17) is 9.63 Å². The second-order valence-corrected chi connectivity index (χ2v) is 7.49. The number of halogens is 3. The van der Waals surface area contributed by atoms with Crippen LogP contribution < -0.4 is 10.1 Å². The van der Waals surface area contributed by atoms with Gasteiger partial charge in [-0.25, -0.2) is 4.98 Å². The Morgan fingerprint density at radius 3 is 2.50 bits per heavy atom. The minimum Gasteiger partial charge on any atom is -0.481 e. The third kappa shape index (κ3) is 5.41. The first kappa shape index (κ1) is 21.8. The number of ether oxygens (including phenoxy) is 1. The zero-order valence-corrected chi connectivity index (χ0v) is 16.7. The molecule has 1 aliphatic carbocycles. The van der Waals surface area contributed by atoms with E-state index in [-0.39, 0.29) is 23.7 Å². The quantitative estimate of drug-likeness (QED) is 0.537. The summed E-state index contributed by atoms with van der Waals surface area (Å²) in [6.45, 7) is -0.789. The van der Waals surface area contributed by atoms with Crippen LogP contribution >= 0.6 is 0 Å². The smallest absolute Gasteiger partial charge is 0.422 e. The number of carbonyl (C=O) groups is 1. The van der Waals surface area contributed by atoms with Gasteiger partial charge < -0.3 is 19.7 Å². The molecule has 0 radical (unpaired) electrons. The molecular formula is C21H19F3N4O4. The summed E-state index contributed by atoms with van der Waals surface area (Å²) in [5.74, 6) is -0.608. The SMILES string of the molecule is O=C(O)C1CC(NCc2ccc(-c3noc(-c4ccc(OCC(F)(F)F)nc4)n3)cc2)C1. The number of hydrogen-bond acceptors (Lipinski definition) is 7. The Morgan fingerprint density at radius 1 is 1.16 bits per heavy atom. The molecule has 1 saturated carbocycles. The Bertz CT molecular complexity index is 1060. The first-order chi connectivity index (χ1) is 15.3. The number of carboxylic acid groups (broad SMARTS) is 1. The van der Waals surface area contributed by atoms with Gasteiger partial charge in [0.1, 0.15) is 0 Å². The van der Waals surface area contributed by atoms with Crippen molar-refractivity contribution in [3.05, 3.63) is 48.2 Å². The van der Waals surface area contributed by atoms with Crippen LogP contribution in [0.15, 0.2) is 47.1 Å². The molecule has 11 heteroatoms. The van der Waals surface area contributed by atoms with Gasteiger partial charge >= 0.3 is 12.1 Å². The number of benzene rings is 1. The molecule has 8 nitrogen and oxygen atoms in total. The number of nitrogens with zero attached hydrogens (tertiary/aromatic N) is 3. The lowest BCUT2D eigenvalue weighted by Crippen LogP contribution is -2.43. The monoisotopic (exact) mass is 448 g/mol. The maximum absolute atomic E-state index is 12.2. The van der Waals surface area contributed by atoms with Gasteiger partial charge in [0.05, 0.1) is 11.5 Å². The summed E-state index contributed by atoms with van der Waals surface area (Å²) in [4.78, 5) is 19.0. The van der Waals surface area contributed by atoms with E-state index in [2.05, 4.69) is 25.2 Å². The van der Waals surface area contributed by atoms with E-state index in [9.17, 15) is 18.0 Å². The molecule has 32 heavy (non-hydrogen) atoms. The Hall–Kier alpha value is -3.47. The highest BCUT2D eigenvalue weighted by atomic mass is 19.4. The van der Waals surface area contributed by atoms with E-state index in [1.807, 2.05) is 24.3 Å². The molecule has 2 heterocycles. The second-order valence-electron chi connectivity index (χ2n) is 7.49. The average molecular weight is 448 g/mol. The average Bonchev–Trinajstić information content (AvgIpc) is 3.21. The number of aromatic nitrogens is 3. The standard InChI is InChI=1S/C21H19F3N4O4/c22-21(23,24)11-31-17-6-5-14(10-26-17)19-27-18(28-32-19)13-3-1-12(2-4-13)9-25-16-7-15(8-16)20(29)30/h1-6,10,15-16,25H,7-9,11H2,(H,29,30). The molecule has 0 spiro atoms. The number of rotatable bonds is 8. The summed E-state index contributed by atoms with van der Waals surface area (Å²) in [6.07, 6.45) is -1.85. The van der Waals surface area contributed by atoms with Crippen molar-refractivity contribution in [1.82, 2.24) is 20.4 Å². The predicted molar refractivity (Wildman–Crippen MR) is 106 cm³/mol. The topological polar surface area (TPSA) is 110 Å². The summed E-state index contributed by atoms with van der Waals surface area (Å²) in [5.41, 5.74) is 2.22. The van der Waals surface area contributed by atoms with E-state index in [1.54, 1.807) is 0 Å². The molecule has 0 aliphatic heterocycles. The fourth-order valence-electron chi connectivity index (χ4n) is 3.23. The maximum Gasteiger partial charge on any atom is 0.422 e. The number of hydrogen-bond donors (Lipinski definition) is 2. The Balaban J connectivity index is 1.33. The fourth-order valence-corrected chi connectivity index (χ4v) is 3.23. The largest absolute Gasteiger partial charge is 0.481 e. The lowest BCUT2D eigenvalue weighted by Gasteiger charge is -2.33. The lowest BCUT2D eigenvalue weighted by atomic mass is 9.80. The van der Waals surface area contributed by atoms with Gasteiger partial charge in [0.15, 0.2) is 6.61 Å². The molecule has 168 valence electrons. The fraction of sp³-hybridized carbons (Fsp3) is 0.333. The number of nitrogens with one attached hydrogen (secondary N) is 1. The number of aliphatic carboxylic acids is 1. The molecule has 0 saturated heterocycles. The third-order valence-electron chi connectivity index (χ3n) is 5.09. The highest BCUT2D eigenvalue weighted by Gasteiger charge is 2.33. The molecule has 3 aromatic rings. The van der Waals surface area contributed by atoms with E-state index >= 15 is 0 Å². The van der Waals surface area contributed by atoms with E-state index in [0.717, 1.165) is 11.1 Å².